The van der Waals surface area contributed by atoms with Crippen molar-refractivity contribution < 1.29 is 34.2 Å². The van der Waals surface area contributed by atoms with E-state index < -0.39 is 60.2 Å². The van der Waals surface area contributed by atoms with Crippen LogP contribution in [0.25, 0.3) is 0 Å². The second-order valence-electron chi connectivity index (χ2n) is 8.74. The number of guanidine groups is 1. The minimum absolute atomic E-state index is 0.0580. The van der Waals surface area contributed by atoms with E-state index >= 15 is 0 Å². The third-order valence-electron chi connectivity index (χ3n) is 5.48. The Morgan fingerprint density at radius 2 is 1.54 bits per heavy atom. The Morgan fingerprint density at radius 3 is 2.10 bits per heavy atom. The van der Waals surface area contributed by atoms with Gasteiger partial charge in [-0.2, -0.15) is 0 Å². The molecule has 1 aromatic rings. The van der Waals surface area contributed by atoms with Gasteiger partial charge in [0.1, 0.15) is 18.1 Å². The number of aromatic nitrogens is 2. The molecule has 0 aliphatic rings. The van der Waals surface area contributed by atoms with Crippen LogP contribution >= 0.6 is 0 Å². The number of aliphatic carboxylic acids is 2. The van der Waals surface area contributed by atoms with Crippen molar-refractivity contribution in [2.24, 2.45) is 27.9 Å². The van der Waals surface area contributed by atoms with E-state index in [9.17, 15) is 34.2 Å². The van der Waals surface area contributed by atoms with Crippen molar-refractivity contribution in [3.63, 3.8) is 0 Å². The quantitative estimate of drug-likeness (QED) is 0.0452. The highest BCUT2D eigenvalue weighted by Crippen LogP contribution is 2.06. The molecule has 0 aromatic carbocycles. The van der Waals surface area contributed by atoms with E-state index in [0.717, 1.165) is 0 Å². The number of hydrogen-bond donors (Lipinski definition) is 10. The summed E-state index contributed by atoms with van der Waals surface area (Å²) in [5.41, 5.74) is 22.5. The zero-order valence-corrected chi connectivity index (χ0v) is 21.5. The lowest BCUT2D eigenvalue weighted by Gasteiger charge is -2.24. The highest BCUT2D eigenvalue weighted by Gasteiger charge is 2.31. The number of rotatable bonds is 19. The molecule has 3 amide bonds. The van der Waals surface area contributed by atoms with Gasteiger partial charge in [-0.25, -0.2) is 9.78 Å². The third-order valence-corrected chi connectivity index (χ3v) is 5.48. The number of carboxylic acids is 2. The van der Waals surface area contributed by atoms with Crippen LogP contribution in [0.4, 0.5) is 0 Å². The molecular formula is C22H38N10O7. The average Bonchev–Trinajstić information content (AvgIpc) is 3.37. The van der Waals surface area contributed by atoms with E-state index in [1.165, 1.54) is 12.5 Å². The Labute approximate surface area is 224 Å². The summed E-state index contributed by atoms with van der Waals surface area (Å²) in [6.07, 6.45) is 3.48. The Balaban J connectivity index is 2.93. The van der Waals surface area contributed by atoms with Gasteiger partial charge in [-0.3, -0.25) is 24.2 Å². The van der Waals surface area contributed by atoms with Gasteiger partial charge in [-0.15, -0.1) is 0 Å². The van der Waals surface area contributed by atoms with Crippen molar-refractivity contribution in [2.45, 2.75) is 69.1 Å². The van der Waals surface area contributed by atoms with Crippen molar-refractivity contribution in [3.05, 3.63) is 18.2 Å². The van der Waals surface area contributed by atoms with Crippen molar-refractivity contribution >= 4 is 35.6 Å². The molecule has 0 saturated heterocycles. The van der Waals surface area contributed by atoms with Gasteiger partial charge in [0.05, 0.1) is 18.8 Å². The molecule has 4 unspecified atom stereocenters. The zero-order valence-electron chi connectivity index (χ0n) is 21.5. The van der Waals surface area contributed by atoms with Crippen LogP contribution in [0.1, 0.15) is 44.2 Å². The fourth-order valence-corrected chi connectivity index (χ4v) is 3.46. The van der Waals surface area contributed by atoms with E-state index in [4.69, 9.17) is 22.9 Å². The molecule has 0 saturated carbocycles. The number of H-pyrrole nitrogens is 1. The number of carbonyl (C=O) groups is 5. The summed E-state index contributed by atoms with van der Waals surface area (Å²) in [5, 5.41) is 25.8. The molecule has 17 heteroatoms. The molecule has 17 nitrogen and oxygen atoms in total. The highest BCUT2D eigenvalue weighted by atomic mass is 16.4. The first-order valence-electron chi connectivity index (χ1n) is 12.3. The molecule has 1 heterocycles. The second-order valence-corrected chi connectivity index (χ2v) is 8.74. The number of nitrogens with two attached hydrogens (primary N) is 4. The van der Waals surface area contributed by atoms with Crippen LogP contribution < -0.4 is 38.9 Å². The lowest BCUT2D eigenvalue weighted by molar-refractivity contribution is -0.143. The Hall–Kier alpha value is -4.25. The van der Waals surface area contributed by atoms with Crippen molar-refractivity contribution in [1.82, 2.24) is 25.9 Å². The monoisotopic (exact) mass is 554 g/mol. The number of imidazole rings is 1. The van der Waals surface area contributed by atoms with E-state index in [-0.39, 0.29) is 38.2 Å². The normalized spacial score (nSPS) is 13.8. The molecule has 14 N–H and O–H groups in total. The zero-order chi connectivity index (χ0) is 29.4. The molecule has 0 bridgehead atoms. The lowest BCUT2D eigenvalue weighted by atomic mass is 10.1. The molecule has 1 aromatic heterocycles. The highest BCUT2D eigenvalue weighted by molar-refractivity contribution is 5.95. The van der Waals surface area contributed by atoms with Gasteiger partial charge in [-0.05, 0) is 38.6 Å². The first-order valence-corrected chi connectivity index (χ1v) is 12.3. The van der Waals surface area contributed by atoms with Crippen LogP contribution in [0.15, 0.2) is 17.5 Å². The standard InChI is InChI=1S/C22H38N10O7/c23-6-2-1-4-14(30-18(35)13(24)8-12-10-27-11-29-12)19(36)32-16(9-17(33)34)20(37)31-15(21(38)39)5-3-7-28-22(25)26/h10-11,13-16H,1-9,23-24H2,(H,27,29)(H,30,35)(H,31,37)(H,32,36)(H,33,34)(H,38,39)(H4,25,26,28). The molecule has 0 radical (unpaired) electrons. The minimum Gasteiger partial charge on any atom is -0.481 e. The fraction of sp³-hybridized carbons (Fsp3) is 0.591. The second kappa shape index (κ2) is 17.3. The number of hydrogen-bond acceptors (Lipinski definition) is 9. The van der Waals surface area contributed by atoms with Gasteiger partial charge < -0.3 is 54.1 Å². The number of amides is 3. The maximum Gasteiger partial charge on any atom is 0.326 e. The number of carboxylic acid groups (broad SMARTS) is 2. The van der Waals surface area contributed by atoms with Gasteiger partial charge in [0.25, 0.3) is 0 Å². The largest absolute Gasteiger partial charge is 0.481 e. The average molecular weight is 555 g/mol. The first kappa shape index (κ1) is 32.8. The maximum absolute atomic E-state index is 13.1. The topological polar surface area (TPSA) is 307 Å². The Kier molecular flexibility index (Phi) is 14.5. The van der Waals surface area contributed by atoms with Crippen molar-refractivity contribution in [1.29, 1.82) is 0 Å². The number of nitrogens with one attached hydrogen (secondary N) is 4. The van der Waals surface area contributed by atoms with E-state index in [0.29, 0.717) is 25.1 Å². The van der Waals surface area contributed by atoms with Crippen LogP contribution in [0.5, 0.6) is 0 Å². The summed E-state index contributed by atoms with van der Waals surface area (Å²) in [6, 6.07) is -5.19. The predicted octanol–water partition coefficient (Wildman–Crippen LogP) is -3.52. The number of aromatic amines is 1. The molecule has 0 spiro atoms. The van der Waals surface area contributed by atoms with Gasteiger partial charge in [0.15, 0.2) is 5.96 Å². The SMILES string of the molecule is NCCCCC(NC(=O)C(N)Cc1cnc[nH]1)C(=O)NC(CC(=O)O)C(=O)NC(CCCN=C(N)N)C(=O)O. The number of carbonyl (C=O) groups excluding carboxylic acids is 3. The van der Waals surface area contributed by atoms with E-state index in [1.54, 1.807) is 0 Å². The third kappa shape index (κ3) is 13.2. The van der Waals surface area contributed by atoms with Gasteiger partial charge in [-0.1, -0.05) is 0 Å². The summed E-state index contributed by atoms with van der Waals surface area (Å²) in [6.45, 7) is 0.454. The molecule has 0 aliphatic heterocycles. The Bertz CT molecular complexity index is 982. The van der Waals surface area contributed by atoms with Gasteiger partial charge in [0, 0.05) is 24.9 Å². The summed E-state index contributed by atoms with van der Waals surface area (Å²) >= 11 is 0. The Morgan fingerprint density at radius 1 is 0.923 bits per heavy atom. The van der Waals surface area contributed by atoms with Crippen LogP contribution in [0, 0.1) is 0 Å². The van der Waals surface area contributed by atoms with Crippen LogP contribution in [0.2, 0.25) is 0 Å². The van der Waals surface area contributed by atoms with Gasteiger partial charge in [0.2, 0.25) is 17.7 Å². The summed E-state index contributed by atoms with van der Waals surface area (Å²) in [7, 11) is 0. The maximum atomic E-state index is 13.1. The van der Waals surface area contributed by atoms with Crippen molar-refractivity contribution in [2.75, 3.05) is 13.1 Å². The molecule has 1 rings (SSSR count). The summed E-state index contributed by atoms with van der Waals surface area (Å²) in [4.78, 5) is 71.9. The molecule has 0 fully saturated rings. The van der Waals surface area contributed by atoms with Crippen molar-refractivity contribution in [3.8, 4) is 0 Å². The van der Waals surface area contributed by atoms with E-state index in [1.807, 2.05) is 0 Å². The summed E-state index contributed by atoms with van der Waals surface area (Å²) < 4.78 is 0. The first-order chi connectivity index (χ1) is 18.4. The van der Waals surface area contributed by atoms with Crippen LogP contribution in [-0.2, 0) is 30.4 Å². The molecule has 0 aliphatic carbocycles. The molecule has 218 valence electrons. The lowest BCUT2D eigenvalue weighted by Crippen LogP contribution is -2.57. The number of aliphatic imine (C=N–C) groups is 1. The smallest absolute Gasteiger partial charge is 0.326 e. The van der Waals surface area contributed by atoms with Gasteiger partial charge >= 0.3 is 11.9 Å². The minimum atomic E-state index is -1.62. The van der Waals surface area contributed by atoms with E-state index in [2.05, 4.69) is 30.9 Å². The molecule has 4 atom stereocenters. The number of unbranched alkanes of at least 4 members (excludes halogenated alkanes) is 1. The summed E-state index contributed by atoms with van der Waals surface area (Å²) in [5.74, 6) is -5.47. The fourth-order valence-electron chi connectivity index (χ4n) is 3.46. The number of nitrogens with zero attached hydrogens (tertiary/aromatic N) is 2. The van der Waals surface area contributed by atoms with Crippen LogP contribution in [0.3, 0.4) is 0 Å². The molecular weight excluding hydrogens is 516 g/mol. The predicted molar refractivity (Wildman–Crippen MR) is 139 cm³/mol. The van der Waals surface area contributed by atoms with Crippen LogP contribution in [-0.4, -0.2) is 93.1 Å². The molecule has 39 heavy (non-hydrogen) atoms.